The maximum Gasteiger partial charge on any atom is 0.0662 e. The number of halogens is 2. The van der Waals surface area contributed by atoms with E-state index in [0.29, 0.717) is 11.1 Å². The minimum absolute atomic E-state index is 0.144. The third-order valence-electron chi connectivity index (χ3n) is 4.01. The maximum atomic E-state index is 9.81. The van der Waals surface area contributed by atoms with E-state index in [1.165, 1.54) is 0 Å². The highest BCUT2D eigenvalue weighted by atomic mass is 79.9. The van der Waals surface area contributed by atoms with E-state index < -0.39 is 0 Å². The van der Waals surface area contributed by atoms with Gasteiger partial charge in [-0.15, -0.1) is 0 Å². The molecular weight excluding hydrogens is 328 g/mol. The van der Waals surface area contributed by atoms with Crippen LogP contribution in [0.4, 0.5) is 5.69 Å². The number of piperidine rings is 1. The molecule has 1 aromatic carbocycles. The lowest BCUT2D eigenvalue weighted by molar-refractivity contribution is 0.0969. The molecule has 0 radical (unpaired) electrons. The molecule has 1 heterocycles. The molecule has 0 bridgehead atoms. The van der Waals surface area contributed by atoms with Crippen molar-refractivity contribution in [2.24, 2.45) is 0 Å². The number of nitrogens with zero attached hydrogens (tertiary/aromatic N) is 1. The van der Waals surface area contributed by atoms with Crippen LogP contribution in [0.15, 0.2) is 22.7 Å². The van der Waals surface area contributed by atoms with Gasteiger partial charge >= 0.3 is 0 Å². The van der Waals surface area contributed by atoms with E-state index in [-0.39, 0.29) is 12.1 Å². The van der Waals surface area contributed by atoms with E-state index in [9.17, 15) is 5.11 Å². The first-order valence-corrected chi connectivity index (χ1v) is 7.67. The number of hydrogen-bond acceptors (Lipinski definition) is 3. The number of hydrogen-bond donors (Lipinski definition) is 2. The topological polar surface area (TPSA) is 35.5 Å². The highest BCUT2D eigenvalue weighted by Crippen LogP contribution is 2.32. The van der Waals surface area contributed by atoms with E-state index in [1.54, 1.807) is 0 Å². The molecule has 0 aliphatic carbocycles. The summed E-state index contributed by atoms with van der Waals surface area (Å²) in [5, 5.41) is 14.0. The fraction of sp³-hybridized carbons (Fsp3) is 0.571. The molecule has 1 aliphatic heterocycles. The molecule has 0 aromatic heterocycles. The number of rotatable bonds is 3. The third-order valence-corrected chi connectivity index (χ3v) is 5.23. The second-order valence-corrected chi connectivity index (χ2v) is 6.74. The summed E-state index contributed by atoms with van der Waals surface area (Å²) in [5.74, 6) is 0. The molecule has 0 amide bonds. The zero-order valence-corrected chi connectivity index (χ0v) is 13.6. The fourth-order valence-corrected chi connectivity index (χ4v) is 3.11. The quantitative estimate of drug-likeness (QED) is 0.880. The number of anilines is 1. The largest absolute Gasteiger partial charge is 0.394 e. The van der Waals surface area contributed by atoms with Gasteiger partial charge in [0, 0.05) is 22.7 Å². The molecule has 2 atom stereocenters. The van der Waals surface area contributed by atoms with E-state index in [4.69, 9.17) is 11.6 Å². The van der Waals surface area contributed by atoms with E-state index >= 15 is 0 Å². The van der Waals surface area contributed by atoms with Gasteiger partial charge in [0.1, 0.15) is 0 Å². The fourth-order valence-electron chi connectivity index (χ4n) is 2.61. The summed E-state index contributed by atoms with van der Waals surface area (Å²) >= 11 is 9.43. The van der Waals surface area contributed by atoms with Crippen LogP contribution in [0.5, 0.6) is 0 Å². The molecule has 0 spiro atoms. The Morgan fingerprint density at radius 3 is 2.89 bits per heavy atom. The number of aliphatic hydroxyl groups excluding tert-OH is 1. The van der Waals surface area contributed by atoms with Crippen molar-refractivity contribution in [1.82, 2.24) is 4.90 Å². The summed E-state index contributed by atoms with van der Waals surface area (Å²) in [4.78, 5) is 2.33. The van der Waals surface area contributed by atoms with Crippen LogP contribution in [0.2, 0.25) is 5.02 Å². The van der Waals surface area contributed by atoms with Crippen LogP contribution in [-0.2, 0) is 0 Å². The van der Waals surface area contributed by atoms with Crippen molar-refractivity contribution in [3.8, 4) is 0 Å². The minimum atomic E-state index is -0.237. The van der Waals surface area contributed by atoms with Crippen molar-refractivity contribution in [2.75, 3.05) is 25.5 Å². The van der Waals surface area contributed by atoms with Crippen molar-refractivity contribution in [3.05, 3.63) is 27.7 Å². The van der Waals surface area contributed by atoms with Crippen molar-refractivity contribution < 1.29 is 5.11 Å². The lowest BCUT2D eigenvalue weighted by Crippen LogP contribution is -2.54. The van der Waals surface area contributed by atoms with Gasteiger partial charge in [-0.3, -0.25) is 0 Å². The Labute approximate surface area is 128 Å². The predicted octanol–water partition coefficient (Wildman–Crippen LogP) is 3.36. The highest BCUT2D eigenvalue weighted by Gasteiger charge is 2.36. The Kier molecular flexibility index (Phi) is 4.77. The second-order valence-electron chi connectivity index (χ2n) is 5.48. The molecule has 1 aromatic rings. The molecule has 1 fully saturated rings. The van der Waals surface area contributed by atoms with E-state index in [2.05, 4.69) is 40.1 Å². The molecular formula is C14H20BrClN2O. The number of benzene rings is 1. The third kappa shape index (κ3) is 3.43. The van der Waals surface area contributed by atoms with Crippen LogP contribution >= 0.6 is 27.5 Å². The Morgan fingerprint density at radius 2 is 2.32 bits per heavy atom. The second kappa shape index (κ2) is 6.00. The first-order chi connectivity index (χ1) is 8.96. The lowest BCUT2D eigenvalue weighted by atomic mass is 9.84. The lowest BCUT2D eigenvalue weighted by Gasteiger charge is -2.44. The van der Waals surface area contributed by atoms with Gasteiger partial charge in [0.05, 0.1) is 17.2 Å². The van der Waals surface area contributed by atoms with E-state index in [1.807, 2.05) is 18.2 Å². The standard InChI is InChI=1S/C14H20BrClN2O/c1-10-8-14(9-19,5-6-18(10)2)17-11-3-4-13(16)12(15)7-11/h3-4,7,10,17,19H,5-6,8-9H2,1-2H3. The van der Waals surface area contributed by atoms with Gasteiger partial charge in [-0.25, -0.2) is 0 Å². The highest BCUT2D eigenvalue weighted by molar-refractivity contribution is 9.10. The Morgan fingerprint density at radius 1 is 1.58 bits per heavy atom. The average molecular weight is 348 g/mol. The van der Waals surface area contributed by atoms with Gasteiger partial charge in [0.15, 0.2) is 0 Å². The Bertz CT molecular complexity index is 457. The number of nitrogens with one attached hydrogen (secondary N) is 1. The van der Waals surface area contributed by atoms with Crippen LogP contribution in [0, 0.1) is 0 Å². The minimum Gasteiger partial charge on any atom is -0.394 e. The van der Waals surface area contributed by atoms with Crippen molar-refractivity contribution in [2.45, 2.75) is 31.3 Å². The zero-order chi connectivity index (χ0) is 14.0. The monoisotopic (exact) mass is 346 g/mol. The van der Waals surface area contributed by atoms with Gasteiger partial charge in [0.2, 0.25) is 0 Å². The molecule has 0 saturated carbocycles. The predicted molar refractivity (Wildman–Crippen MR) is 83.9 cm³/mol. The molecule has 1 aliphatic rings. The Balaban J connectivity index is 2.16. The molecule has 106 valence electrons. The van der Waals surface area contributed by atoms with Gasteiger partial charge in [-0.05, 0) is 60.9 Å². The normalized spacial score (nSPS) is 28.4. The smallest absolute Gasteiger partial charge is 0.0662 e. The summed E-state index contributed by atoms with van der Waals surface area (Å²) in [6.45, 7) is 3.33. The molecule has 2 unspecified atom stereocenters. The molecule has 5 heteroatoms. The van der Waals surface area contributed by atoms with Gasteiger partial charge < -0.3 is 15.3 Å². The number of aliphatic hydroxyl groups is 1. The summed E-state index contributed by atoms with van der Waals surface area (Å²) in [5.41, 5.74) is 0.751. The van der Waals surface area contributed by atoms with E-state index in [0.717, 1.165) is 29.5 Å². The van der Waals surface area contributed by atoms with Gasteiger partial charge in [-0.2, -0.15) is 0 Å². The van der Waals surface area contributed by atoms with Crippen LogP contribution in [-0.4, -0.2) is 41.8 Å². The van der Waals surface area contributed by atoms with Gasteiger partial charge in [0.25, 0.3) is 0 Å². The first kappa shape index (κ1) is 15.1. The molecule has 2 rings (SSSR count). The molecule has 3 nitrogen and oxygen atoms in total. The van der Waals surface area contributed by atoms with Crippen molar-refractivity contribution >= 4 is 33.2 Å². The van der Waals surface area contributed by atoms with Crippen molar-refractivity contribution in [1.29, 1.82) is 0 Å². The number of likely N-dealkylation sites (tertiary alicyclic amines) is 1. The van der Waals surface area contributed by atoms with Crippen LogP contribution in [0.25, 0.3) is 0 Å². The first-order valence-electron chi connectivity index (χ1n) is 6.50. The van der Waals surface area contributed by atoms with Crippen LogP contribution in [0.1, 0.15) is 19.8 Å². The summed E-state index contributed by atoms with van der Waals surface area (Å²) in [7, 11) is 2.13. The maximum absolute atomic E-state index is 9.81. The van der Waals surface area contributed by atoms with Crippen LogP contribution < -0.4 is 5.32 Å². The summed E-state index contributed by atoms with van der Waals surface area (Å²) in [6, 6.07) is 6.23. The molecule has 2 N–H and O–H groups in total. The van der Waals surface area contributed by atoms with Gasteiger partial charge in [-0.1, -0.05) is 11.6 Å². The SMILES string of the molecule is CC1CC(CO)(Nc2ccc(Cl)c(Br)c2)CCN1C. The zero-order valence-electron chi connectivity index (χ0n) is 11.3. The average Bonchev–Trinajstić information content (AvgIpc) is 2.39. The molecule has 19 heavy (non-hydrogen) atoms. The summed E-state index contributed by atoms with van der Waals surface area (Å²) < 4.78 is 0.869. The van der Waals surface area contributed by atoms with Crippen LogP contribution in [0.3, 0.4) is 0 Å². The Hall–Kier alpha value is -0.290. The van der Waals surface area contributed by atoms with Crippen molar-refractivity contribution in [3.63, 3.8) is 0 Å². The molecule has 1 saturated heterocycles. The summed E-state index contributed by atoms with van der Waals surface area (Å²) in [6.07, 6.45) is 1.87.